The molecular formula is C19H14F2N4O6S. The lowest BCUT2D eigenvalue weighted by Gasteiger charge is -2.23. The number of carbonyl (C=O) groups is 1. The van der Waals surface area contributed by atoms with Crippen molar-refractivity contribution >= 4 is 44.0 Å². The smallest absolute Gasteiger partial charge is 0.277 e. The van der Waals surface area contributed by atoms with Crippen LogP contribution in [0.15, 0.2) is 30.3 Å². The highest BCUT2D eigenvalue weighted by atomic mass is 32.1. The van der Waals surface area contributed by atoms with E-state index in [4.69, 9.17) is 4.74 Å². The molecule has 1 saturated heterocycles. The van der Waals surface area contributed by atoms with E-state index in [1.807, 2.05) is 0 Å². The van der Waals surface area contributed by atoms with Gasteiger partial charge in [-0.3, -0.25) is 29.9 Å². The highest BCUT2D eigenvalue weighted by Crippen LogP contribution is 2.33. The van der Waals surface area contributed by atoms with E-state index < -0.39 is 38.8 Å². The molecule has 10 nitrogen and oxygen atoms in total. The van der Waals surface area contributed by atoms with Crippen molar-refractivity contribution in [2.24, 2.45) is 0 Å². The first-order valence-electron chi connectivity index (χ1n) is 9.36. The Morgan fingerprint density at radius 2 is 1.84 bits per heavy atom. The molecule has 32 heavy (non-hydrogen) atoms. The van der Waals surface area contributed by atoms with Crippen LogP contribution in [-0.4, -0.2) is 40.0 Å². The largest absolute Gasteiger partial charge is 0.376 e. The number of nitro groups is 2. The molecule has 2 heterocycles. The van der Waals surface area contributed by atoms with Gasteiger partial charge in [0.05, 0.1) is 38.8 Å². The summed E-state index contributed by atoms with van der Waals surface area (Å²) in [6.45, 7) is 0.466. The highest BCUT2D eigenvalue weighted by Gasteiger charge is 2.30. The van der Waals surface area contributed by atoms with E-state index in [9.17, 15) is 33.8 Å². The molecule has 1 fully saturated rings. The fraction of sp³-hybridized carbons (Fsp3) is 0.263. The summed E-state index contributed by atoms with van der Waals surface area (Å²) >= 11 is 0.852. The van der Waals surface area contributed by atoms with Gasteiger partial charge in [0.2, 0.25) is 0 Å². The molecule has 0 spiro atoms. The third-order valence-electron chi connectivity index (χ3n) is 4.86. The number of amides is 1. The minimum atomic E-state index is -0.905. The van der Waals surface area contributed by atoms with Crippen LogP contribution in [0, 0.1) is 31.9 Å². The maximum absolute atomic E-state index is 14.2. The molecule has 0 N–H and O–H groups in total. The number of hydrogen-bond acceptors (Lipinski definition) is 8. The van der Waals surface area contributed by atoms with E-state index in [1.54, 1.807) is 0 Å². The number of hydrogen-bond donors (Lipinski definition) is 0. The predicted molar refractivity (Wildman–Crippen MR) is 110 cm³/mol. The Morgan fingerprint density at radius 3 is 2.44 bits per heavy atom. The molecular weight excluding hydrogens is 450 g/mol. The molecule has 4 rings (SSSR count). The van der Waals surface area contributed by atoms with Crippen LogP contribution < -0.4 is 4.90 Å². The van der Waals surface area contributed by atoms with Crippen LogP contribution in [0.2, 0.25) is 0 Å². The van der Waals surface area contributed by atoms with Crippen LogP contribution in [0.5, 0.6) is 0 Å². The summed E-state index contributed by atoms with van der Waals surface area (Å²) in [7, 11) is 0. The van der Waals surface area contributed by atoms with Crippen molar-refractivity contribution in [2.75, 3.05) is 18.1 Å². The van der Waals surface area contributed by atoms with Gasteiger partial charge < -0.3 is 4.74 Å². The second-order valence-corrected chi connectivity index (χ2v) is 8.04. The Bertz CT molecular complexity index is 1210. The van der Waals surface area contributed by atoms with Gasteiger partial charge in [0, 0.05) is 24.8 Å². The molecule has 1 aromatic heterocycles. The zero-order valence-corrected chi connectivity index (χ0v) is 17.0. The molecule has 1 unspecified atom stereocenters. The van der Waals surface area contributed by atoms with Gasteiger partial charge in [-0.2, -0.15) is 0 Å². The van der Waals surface area contributed by atoms with Crippen LogP contribution in [-0.2, 0) is 4.74 Å². The molecule has 13 heteroatoms. The van der Waals surface area contributed by atoms with Gasteiger partial charge in [-0.1, -0.05) is 11.3 Å². The number of aromatic nitrogens is 1. The summed E-state index contributed by atoms with van der Waals surface area (Å²) < 4.78 is 33.5. The monoisotopic (exact) mass is 464 g/mol. The van der Waals surface area contributed by atoms with Crippen molar-refractivity contribution in [2.45, 2.75) is 18.9 Å². The third kappa shape index (κ3) is 4.24. The SMILES string of the molecule is O=C(c1cc([N+](=O)[O-])cc([N+](=O)[O-])c1)N(CC1CCCO1)c1nc2c(F)cc(F)cc2s1. The van der Waals surface area contributed by atoms with Crippen molar-refractivity contribution in [3.05, 3.63) is 67.8 Å². The Balaban J connectivity index is 1.80. The second-order valence-electron chi connectivity index (χ2n) is 7.03. The van der Waals surface area contributed by atoms with E-state index in [1.165, 1.54) is 0 Å². The van der Waals surface area contributed by atoms with Crippen molar-refractivity contribution < 1.29 is 28.2 Å². The summed E-state index contributed by atoms with van der Waals surface area (Å²) in [4.78, 5) is 39.3. The van der Waals surface area contributed by atoms with E-state index in [0.29, 0.717) is 19.1 Å². The molecule has 3 aromatic rings. The van der Waals surface area contributed by atoms with Gasteiger partial charge >= 0.3 is 0 Å². The lowest BCUT2D eigenvalue weighted by molar-refractivity contribution is -0.394. The fourth-order valence-electron chi connectivity index (χ4n) is 3.39. The molecule has 1 aliphatic rings. The van der Waals surface area contributed by atoms with Gasteiger partial charge in [-0.25, -0.2) is 13.8 Å². The number of ether oxygens (including phenoxy) is 1. The topological polar surface area (TPSA) is 129 Å². The number of thiazole rings is 1. The lowest BCUT2D eigenvalue weighted by Crippen LogP contribution is -2.37. The van der Waals surface area contributed by atoms with Gasteiger partial charge in [0.15, 0.2) is 10.9 Å². The lowest BCUT2D eigenvalue weighted by atomic mass is 10.1. The normalized spacial score (nSPS) is 15.8. The van der Waals surface area contributed by atoms with Crippen molar-refractivity contribution in [3.8, 4) is 0 Å². The quantitative estimate of drug-likeness (QED) is 0.395. The summed E-state index contributed by atoms with van der Waals surface area (Å²) in [6.07, 6.45) is 1.02. The molecule has 0 bridgehead atoms. The maximum atomic E-state index is 14.2. The second kappa shape index (κ2) is 8.51. The molecule has 0 radical (unpaired) electrons. The number of non-ortho nitro benzene ring substituents is 2. The van der Waals surface area contributed by atoms with E-state index in [0.717, 1.165) is 46.9 Å². The number of carbonyl (C=O) groups excluding carboxylic acids is 1. The summed E-state index contributed by atoms with van der Waals surface area (Å²) in [5, 5.41) is 22.4. The van der Waals surface area contributed by atoms with Gasteiger partial charge in [0.1, 0.15) is 11.3 Å². The number of nitrogens with zero attached hydrogens (tertiary/aromatic N) is 4. The van der Waals surface area contributed by atoms with E-state index in [-0.39, 0.29) is 33.6 Å². The average molecular weight is 464 g/mol. The summed E-state index contributed by atoms with van der Waals surface area (Å²) in [5.74, 6) is -2.53. The first kappa shape index (κ1) is 21.6. The molecule has 1 aliphatic heterocycles. The van der Waals surface area contributed by atoms with Crippen molar-refractivity contribution in [3.63, 3.8) is 0 Å². The molecule has 0 aliphatic carbocycles. The Labute approximate surface area is 182 Å². The fourth-order valence-corrected chi connectivity index (χ4v) is 4.40. The Kier molecular flexibility index (Phi) is 5.76. The van der Waals surface area contributed by atoms with Crippen LogP contribution in [0.25, 0.3) is 10.2 Å². The van der Waals surface area contributed by atoms with Gasteiger partial charge in [0.25, 0.3) is 17.3 Å². The number of nitro benzene ring substituents is 2. The predicted octanol–water partition coefficient (Wildman–Crippen LogP) is 4.22. The van der Waals surface area contributed by atoms with Crippen LogP contribution in [0.1, 0.15) is 23.2 Å². The molecule has 0 saturated carbocycles. The molecule has 1 atom stereocenters. The minimum absolute atomic E-state index is 0.0131. The first-order chi connectivity index (χ1) is 15.2. The Morgan fingerprint density at radius 1 is 1.16 bits per heavy atom. The molecule has 166 valence electrons. The zero-order valence-electron chi connectivity index (χ0n) is 16.2. The maximum Gasteiger partial charge on any atom is 0.277 e. The Hall–Kier alpha value is -3.58. The molecule has 2 aromatic carbocycles. The third-order valence-corrected chi connectivity index (χ3v) is 5.88. The number of rotatable bonds is 6. The highest BCUT2D eigenvalue weighted by molar-refractivity contribution is 7.22. The van der Waals surface area contributed by atoms with Crippen molar-refractivity contribution in [1.82, 2.24) is 4.98 Å². The van der Waals surface area contributed by atoms with Crippen LogP contribution in [0.3, 0.4) is 0 Å². The van der Waals surface area contributed by atoms with Crippen molar-refractivity contribution in [1.29, 1.82) is 0 Å². The number of anilines is 1. The summed E-state index contributed by atoms with van der Waals surface area (Å²) in [5.41, 5.74) is -1.70. The first-order valence-corrected chi connectivity index (χ1v) is 10.2. The standard InChI is InChI=1S/C19H14F2N4O6S/c20-11-6-15(21)17-16(7-11)32-19(22-17)23(9-14-2-1-3-31-14)18(26)10-4-12(24(27)28)8-13(5-10)25(29)30/h4-8,14H,1-3,9H2. The van der Waals surface area contributed by atoms with Gasteiger partial charge in [-0.05, 0) is 18.9 Å². The van der Waals surface area contributed by atoms with Crippen LogP contribution in [0.4, 0.5) is 25.3 Å². The zero-order chi connectivity index (χ0) is 23.0. The number of fused-ring (bicyclic) bond motifs is 1. The minimum Gasteiger partial charge on any atom is -0.376 e. The molecule has 1 amide bonds. The average Bonchev–Trinajstić information content (AvgIpc) is 3.40. The number of halogens is 2. The van der Waals surface area contributed by atoms with E-state index in [2.05, 4.69) is 4.98 Å². The van der Waals surface area contributed by atoms with E-state index >= 15 is 0 Å². The van der Waals surface area contributed by atoms with Gasteiger partial charge in [-0.15, -0.1) is 0 Å². The van der Waals surface area contributed by atoms with Crippen LogP contribution >= 0.6 is 11.3 Å². The number of benzene rings is 2. The summed E-state index contributed by atoms with van der Waals surface area (Å²) in [6, 6.07) is 4.34.